The van der Waals surface area contributed by atoms with Crippen molar-refractivity contribution in [3.05, 3.63) is 23.4 Å². The molecule has 0 fully saturated rings. The lowest BCUT2D eigenvalue weighted by molar-refractivity contribution is 0.537. The van der Waals surface area contributed by atoms with Crippen LogP contribution in [0.15, 0.2) is 12.3 Å². The Morgan fingerprint density at radius 3 is 2.79 bits per heavy atom. The van der Waals surface area contributed by atoms with Gasteiger partial charge in [0, 0.05) is 17.8 Å². The first-order valence-electron chi connectivity index (χ1n) is 5.14. The largest absolute Gasteiger partial charge is 0.383 e. The molecule has 0 amide bonds. The summed E-state index contributed by atoms with van der Waals surface area (Å²) in [6.07, 6.45) is 2.83. The second-order valence-electron chi connectivity index (χ2n) is 3.51. The number of nitrogen functional groups attached to an aromatic ring is 1. The first-order valence-corrected chi connectivity index (χ1v) is 5.14. The second-order valence-corrected chi connectivity index (χ2v) is 3.51. The van der Waals surface area contributed by atoms with E-state index in [2.05, 4.69) is 30.2 Å². The van der Waals surface area contributed by atoms with Crippen LogP contribution in [-0.4, -0.2) is 11.5 Å². The van der Waals surface area contributed by atoms with E-state index in [0.717, 1.165) is 24.1 Å². The number of anilines is 1. The first-order chi connectivity index (χ1) is 6.69. The van der Waals surface area contributed by atoms with Crippen molar-refractivity contribution in [2.75, 3.05) is 12.3 Å². The fourth-order valence-electron chi connectivity index (χ4n) is 1.60. The molecule has 0 saturated heterocycles. The van der Waals surface area contributed by atoms with Crippen LogP contribution in [0.5, 0.6) is 0 Å². The molecule has 0 saturated carbocycles. The Hall–Kier alpha value is -1.09. The summed E-state index contributed by atoms with van der Waals surface area (Å²) in [4.78, 5) is 4.17. The molecule has 0 spiro atoms. The molecule has 78 valence electrons. The highest BCUT2D eigenvalue weighted by Gasteiger charge is 2.11. The fraction of sp³-hybridized carbons (Fsp3) is 0.545. The van der Waals surface area contributed by atoms with Gasteiger partial charge in [-0.15, -0.1) is 0 Å². The van der Waals surface area contributed by atoms with Gasteiger partial charge >= 0.3 is 0 Å². The van der Waals surface area contributed by atoms with E-state index in [1.54, 1.807) is 6.20 Å². The van der Waals surface area contributed by atoms with Crippen LogP contribution < -0.4 is 11.1 Å². The average Bonchev–Trinajstić information content (AvgIpc) is 2.18. The number of nitrogens with two attached hydrogens (primary N) is 1. The molecule has 0 aliphatic heterocycles. The van der Waals surface area contributed by atoms with E-state index in [1.165, 1.54) is 0 Å². The van der Waals surface area contributed by atoms with Crippen molar-refractivity contribution in [3.63, 3.8) is 0 Å². The van der Waals surface area contributed by atoms with Gasteiger partial charge in [0.2, 0.25) is 0 Å². The van der Waals surface area contributed by atoms with Crippen LogP contribution in [0.25, 0.3) is 0 Å². The first kappa shape index (κ1) is 11.0. The van der Waals surface area contributed by atoms with Crippen molar-refractivity contribution in [2.45, 2.75) is 33.2 Å². The minimum absolute atomic E-state index is 0.326. The molecule has 0 radical (unpaired) electrons. The summed E-state index contributed by atoms with van der Waals surface area (Å²) in [5.41, 5.74) is 8.12. The van der Waals surface area contributed by atoms with E-state index in [-0.39, 0.29) is 0 Å². The Morgan fingerprint density at radius 2 is 2.21 bits per heavy atom. The highest BCUT2D eigenvalue weighted by atomic mass is 14.9. The Bertz CT molecular complexity index is 297. The van der Waals surface area contributed by atoms with Gasteiger partial charge in [-0.25, -0.2) is 4.98 Å². The summed E-state index contributed by atoms with van der Waals surface area (Å²) in [5.74, 6) is 0.642. The van der Waals surface area contributed by atoms with Crippen molar-refractivity contribution in [1.29, 1.82) is 0 Å². The molecule has 0 bridgehead atoms. The van der Waals surface area contributed by atoms with Gasteiger partial charge in [-0.2, -0.15) is 0 Å². The molecule has 3 N–H and O–H groups in total. The zero-order valence-corrected chi connectivity index (χ0v) is 9.17. The van der Waals surface area contributed by atoms with Crippen LogP contribution in [-0.2, 0) is 0 Å². The predicted octanol–water partition coefficient (Wildman–Crippen LogP) is 2.03. The van der Waals surface area contributed by atoms with Crippen LogP contribution in [0.4, 0.5) is 5.82 Å². The number of aromatic nitrogens is 1. The number of pyridine rings is 1. The number of nitrogens with zero attached hydrogens (tertiary/aromatic N) is 1. The van der Waals surface area contributed by atoms with Crippen LogP contribution in [0.1, 0.15) is 37.4 Å². The molecule has 0 aliphatic carbocycles. The monoisotopic (exact) mass is 193 g/mol. The maximum Gasteiger partial charge on any atom is 0.128 e. The van der Waals surface area contributed by atoms with Gasteiger partial charge in [0.25, 0.3) is 0 Å². The molecule has 0 aromatic carbocycles. The second kappa shape index (κ2) is 4.96. The third-order valence-electron chi connectivity index (χ3n) is 2.32. The molecule has 1 unspecified atom stereocenters. The Labute approximate surface area is 85.7 Å². The van der Waals surface area contributed by atoms with Gasteiger partial charge in [-0.1, -0.05) is 13.8 Å². The molecule has 3 heteroatoms. The molecule has 0 aliphatic rings. The van der Waals surface area contributed by atoms with Crippen molar-refractivity contribution in [2.24, 2.45) is 0 Å². The Balaban J connectivity index is 2.96. The highest BCUT2D eigenvalue weighted by Crippen LogP contribution is 2.21. The summed E-state index contributed by atoms with van der Waals surface area (Å²) >= 11 is 0. The maximum atomic E-state index is 5.85. The summed E-state index contributed by atoms with van der Waals surface area (Å²) in [6, 6.07) is 2.44. The zero-order chi connectivity index (χ0) is 10.6. The number of hydrogen-bond donors (Lipinski definition) is 2. The number of nitrogens with one attached hydrogen (secondary N) is 1. The molecule has 1 aromatic heterocycles. The molecular weight excluding hydrogens is 174 g/mol. The standard InChI is InChI=1S/C11H19N3/c1-4-10(13-5-2)9-6-8(3)7-14-11(9)12/h6-7,10,13H,4-5H2,1-3H3,(H2,12,14). The number of aryl methyl sites for hydroxylation is 1. The summed E-state index contributed by atoms with van der Waals surface area (Å²) in [6.45, 7) is 7.23. The van der Waals surface area contributed by atoms with Crippen molar-refractivity contribution < 1.29 is 0 Å². The lowest BCUT2D eigenvalue weighted by Crippen LogP contribution is -2.21. The number of rotatable bonds is 4. The zero-order valence-electron chi connectivity index (χ0n) is 9.17. The molecule has 1 aromatic rings. The van der Waals surface area contributed by atoms with Crippen LogP contribution >= 0.6 is 0 Å². The van der Waals surface area contributed by atoms with Crippen molar-refractivity contribution in [3.8, 4) is 0 Å². The quantitative estimate of drug-likeness (QED) is 0.769. The average molecular weight is 193 g/mol. The normalized spacial score (nSPS) is 12.8. The molecule has 1 atom stereocenters. The van der Waals surface area contributed by atoms with E-state index in [4.69, 9.17) is 5.73 Å². The lowest BCUT2D eigenvalue weighted by Gasteiger charge is -2.17. The lowest BCUT2D eigenvalue weighted by atomic mass is 10.0. The van der Waals surface area contributed by atoms with Gasteiger partial charge in [-0.05, 0) is 31.5 Å². The summed E-state index contributed by atoms with van der Waals surface area (Å²) in [7, 11) is 0. The SMILES string of the molecule is CCNC(CC)c1cc(C)cnc1N. The van der Waals surface area contributed by atoms with Gasteiger partial charge in [0.1, 0.15) is 5.82 Å². The molecule has 14 heavy (non-hydrogen) atoms. The molecule has 3 nitrogen and oxygen atoms in total. The van der Waals surface area contributed by atoms with Crippen LogP contribution in [0.3, 0.4) is 0 Å². The smallest absolute Gasteiger partial charge is 0.128 e. The highest BCUT2D eigenvalue weighted by molar-refractivity contribution is 5.42. The van der Waals surface area contributed by atoms with E-state index >= 15 is 0 Å². The Kier molecular flexibility index (Phi) is 3.89. The molecular formula is C11H19N3. The predicted molar refractivity (Wildman–Crippen MR) is 60.1 cm³/mol. The van der Waals surface area contributed by atoms with Gasteiger partial charge in [0.15, 0.2) is 0 Å². The van der Waals surface area contributed by atoms with Crippen molar-refractivity contribution >= 4 is 5.82 Å². The maximum absolute atomic E-state index is 5.85. The minimum Gasteiger partial charge on any atom is -0.383 e. The van der Waals surface area contributed by atoms with E-state index in [9.17, 15) is 0 Å². The fourth-order valence-corrected chi connectivity index (χ4v) is 1.60. The number of hydrogen-bond acceptors (Lipinski definition) is 3. The molecule has 1 rings (SSSR count). The third kappa shape index (κ3) is 2.45. The van der Waals surface area contributed by atoms with Gasteiger partial charge in [0.05, 0.1) is 0 Å². The van der Waals surface area contributed by atoms with E-state index in [1.807, 2.05) is 6.92 Å². The third-order valence-corrected chi connectivity index (χ3v) is 2.32. The molecule has 1 heterocycles. The van der Waals surface area contributed by atoms with E-state index < -0.39 is 0 Å². The Morgan fingerprint density at radius 1 is 1.50 bits per heavy atom. The van der Waals surface area contributed by atoms with Crippen molar-refractivity contribution in [1.82, 2.24) is 10.3 Å². The minimum atomic E-state index is 0.326. The van der Waals surface area contributed by atoms with E-state index in [0.29, 0.717) is 11.9 Å². The topological polar surface area (TPSA) is 50.9 Å². The van der Waals surface area contributed by atoms with Gasteiger partial charge in [-0.3, -0.25) is 0 Å². The summed E-state index contributed by atoms with van der Waals surface area (Å²) < 4.78 is 0. The summed E-state index contributed by atoms with van der Waals surface area (Å²) in [5, 5.41) is 3.40. The van der Waals surface area contributed by atoms with Gasteiger partial charge < -0.3 is 11.1 Å². The van der Waals surface area contributed by atoms with Crippen LogP contribution in [0.2, 0.25) is 0 Å². The van der Waals surface area contributed by atoms with Crippen LogP contribution in [0, 0.1) is 6.92 Å².